The lowest BCUT2D eigenvalue weighted by atomic mass is 10.2. The highest BCUT2D eigenvalue weighted by Crippen LogP contribution is 2.15. The molecule has 2 atom stereocenters. The van der Waals surface area contributed by atoms with Crippen LogP contribution in [0.25, 0.3) is 0 Å². The van der Waals surface area contributed by atoms with Crippen LogP contribution in [0.2, 0.25) is 0 Å². The van der Waals surface area contributed by atoms with Crippen LogP contribution in [0.3, 0.4) is 0 Å². The normalized spacial score (nSPS) is 20.5. The van der Waals surface area contributed by atoms with Crippen LogP contribution >= 0.6 is 0 Å². The molecule has 7 heteroatoms. The maximum absolute atomic E-state index is 12.3. The van der Waals surface area contributed by atoms with Gasteiger partial charge in [0.25, 0.3) is 0 Å². The Balaban J connectivity index is 1.89. The molecule has 2 N–H and O–H groups in total. The third kappa shape index (κ3) is 4.32. The van der Waals surface area contributed by atoms with Crippen LogP contribution in [0.1, 0.15) is 13.8 Å². The first-order valence-corrected chi connectivity index (χ1v) is 7.47. The van der Waals surface area contributed by atoms with Crippen LogP contribution in [-0.4, -0.2) is 71.4 Å². The molecule has 2 amide bonds. The number of hydrogen-bond acceptors (Lipinski definition) is 5. The Bertz CT molecular complexity index is 492. The fraction of sp³-hybridized carbons (Fsp3) is 0.600. The van der Waals surface area contributed by atoms with E-state index in [9.17, 15) is 9.90 Å². The van der Waals surface area contributed by atoms with Gasteiger partial charge in [0, 0.05) is 38.3 Å². The highest BCUT2D eigenvalue weighted by Gasteiger charge is 2.27. The molecule has 122 valence electrons. The molecule has 0 aliphatic carbocycles. The summed E-state index contributed by atoms with van der Waals surface area (Å²) in [6, 6.07) is 3.44. The van der Waals surface area contributed by atoms with Crippen LogP contribution in [0.15, 0.2) is 18.3 Å². The Labute approximate surface area is 130 Å². The fourth-order valence-corrected chi connectivity index (χ4v) is 2.64. The minimum Gasteiger partial charge on any atom is -0.481 e. The monoisotopic (exact) mass is 308 g/mol. The zero-order chi connectivity index (χ0) is 16.1. The number of methoxy groups -OCH3 is 1. The van der Waals surface area contributed by atoms with Crippen LogP contribution in [-0.2, 0) is 0 Å². The lowest BCUT2D eigenvalue weighted by molar-refractivity contribution is 0.0692. The van der Waals surface area contributed by atoms with Crippen molar-refractivity contribution < 1.29 is 14.6 Å². The van der Waals surface area contributed by atoms with Crippen LogP contribution in [0.5, 0.6) is 5.88 Å². The SMILES string of the molecule is COc1ccc(NC(=O)N2CCN(C[C@@H](C)O)C[C@H]2C)cn1. The summed E-state index contributed by atoms with van der Waals surface area (Å²) >= 11 is 0. The molecule has 1 aromatic heterocycles. The zero-order valence-electron chi connectivity index (χ0n) is 13.3. The molecule has 22 heavy (non-hydrogen) atoms. The summed E-state index contributed by atoms with van der Waals surface area (Å²) in [5.74, 6) is 0.512. The predicted molar refractivity (Wildman–Crippen MR) is 84.1 cm³/mol. The van der Waals surface area contributed by atoms with E-state index in [1.807, 2.05) is 11.8 Å². The predicted octanol–water partition coefficient (Wildman–Crippen LogP) is 1.01. The summed E-state index contributed by atoms with van der Waals surface area (Å²) in [5, 5.41) is 12.3. The summed E-state index contributed by atoms with van der Waals surface area (Å²) in [7, 11) is 1.55. The topological polar surface area (TPSA) is 77.9 Å². The van der Waals surface area contributed by atoms with Crippen molar-refractivity contribution in [1.29, 1.82) is 0 Å². The third-order valence-electron chi connectivity index (χ3n) is 3.69. The molecule has 1 aliphatic heterocycles. The molecule has 0 aromatic carbocycles. The summed E-state index contributed by atoms with van der Waals surface area (Å²) < 4.78 is 4.99. The number of carbonyl (C=O) groups is 1. The van der Waals surface area contributed by atoms with Crippen LogP contribution in [0.4, 0.5) is 10.5 Å². The minimum atomic E-state index is -0.349. The van der Waals surface area contributed by atoms with Gasteiger partial charge < -0.3 is 20.1 Å². The smallest absolute Gasteiger partial charge is 0.322 e. The average Bonchev–Trinajstić information content (AvgIpc) is 2.47. The molecular formula is C15H24N4O3. The standard InChI is InChI=1S/C15H24N4O3/c1-11-9-18(10-12(2)20)6-7-19(11)15(21)17-13-4-5-14(22-3)16-8-13/h4-5,8,11-12,20H,6-7,9-10H2,1-3H3,(H,17,21)/t11-,12-/m1/s1. The van der Waals surface area contributed by atoms with Gasteiger partial charge in [-0.15, -0.1) is 0 Å². The lowest BCUT2D eigenvalue weighted by Crippen LogP contribution is -2.56. The highest BCUT2D eigenvalue weighted by molar-refractivity contribution is 5.89. The zero-order valence-corrected chi connectivity index (χ0v) is 13.3. The Morgan fingerprint density at radius 1 is 1.55 bits per heavy atom. The van der Waals surface area contributed by atoms with Crippen LogP contribution in [0, 0.1) is 0 Å². The van der Waals surface area contributed by atoms with Gasteiger partial charge in [0.15, 0.2) is 0 Å². The molecule has 0 spiro atoms. The number of nitrogens with one attached hydrogen (secondary N) is 1. The second kappa shape index (κ2) is 7.42. The third-order valence-corrected chi connectivity index (χ3v) is 3.69. The summed E-state index contributed by atoms with van der Waals surface area (Å²) in [6.45, 7) is 6.61. The Morgan fingerprint density at radius 3 is 2.86 bits per heavy atom. The van der Waals surface area contributed by atoms with Crippen molar-refractivity contribution in [2.45, 2.75) is 26.0 Å². The number of ether oxygens (including phenoxy) is 1. The molecule has 1 fully saturated rings. The quantitative estimate of drug-likeness (QED) is 0.868. The number of nitrogens with zero attached hydrogens (tertiary/aromatic N) is 3. The van der Waals surface area contributed by atoms with Gasteiger partial charge in [-0.05, 0) is 19.9 Å². The average molecular weight is 308 g/mol. The lowest BCUT2D eigenvalue weighted by Gasteiger charge is -2.40. The number of hydrogen-bond donors (Lipinski definition) is 2. The number of amides is 2. The van der Waals surface area contributed by atoms with E-state index in [-0.39, 0.29) is 18.2 Å². The van der Waals surface area contributed by atoms with Gasteiger partial charge in [-0.3, -0.25) is 4.90 Å². The summed E-state index contributed by atoms with van der Waals surface area (Å²) in [6.07, 6.45) is 1.23. The van der Waals surface area contributed by atoms with E-state index < -0.39 is 0 Å². The van der Waals surface area contributed by atoms with Gasteiger partial charge in [0.2, 0.25) is 5.88 Å². The van der Waals surface area contributed by atoms with E-state index in [2.05, 4.69) is 15.2 Å². The number of aliphatic hydroxyl groups excluding tert-OH is 1. The molecule has 0 bridgehead atoms. The second-order valence-electron chi connectivity index (χ2n) is 5.67. The van der Waals surface area contributed by atoms with Crippen molar-refractivity contribution in [2.75, 3.05) is 38.6 Å². The van der Waals surface area contributed by atoms with Gasteiger partial charge in [-0.1, -0.05) is 0 Å². The second-order valence-corrected chi connectivity index (χ2v) is 5.67. The van der Waals surface area contributed by atoms with E-state index in [0.717, 1.165) is 13.1 Å². The number of aromatic nitrogens is 1. The van der Waals surface area contributed by atoms with Gasteiger partial charge in [-0.25, -0.2) is 9.78 Å². The molecule has 7 nitrogen and oxygen atoms in total. The van der Waals surface area contributed by atoms with Gasteiger partial charge in [-0.2, -0.15) is 0 Å². The number of pyridine rings is 1. The van der Waals surface area contributed by atoms with Crippen molar-refractivity contribution in [3.05, 3.63) is 18.3 Å². The van der Waals surface area contributed by atoms with Crippen molar-refractivity contribution in [1.82, 2.24) is 14.8 Å². The first-order chi connectivity index (χ1) is 10.5. The van der Waals surface area contributed by atoms with E-state index in [4.69, 9.17) is 4.74 Å². The van der Waals surface area contributed by atoms with E-state index in [1.54, 1.807) is 32.4 Å². The molecular weight excluding hydrogens is 284 g/mol. The van der Waals surface area contributed by atoms with Crippen molar-refractivity contribution >= 4 is 11.7 Å². The molecule has 0 unspecified atom stereocenters. The number of β-amino-alcohol motifs (C(OH)–C–C–N with tert-alkyl or cyclic N) is 1. The molecule has 2 heterocycles. The number of carbonyl (C=O) groups excluding carboxylic acids is 1. The molecule has 2 rings (SSSR count). The minimum absolute atomic E-state index is 0.0960. The Hall–Kier alpha value is -1.86. The number of anilines is 1. The molecule has 1 aromatic rings. The largest absolute Gasteiger partial charge is 0.481 e. The molecule has 0 radical (unpaired) electrons. The van der Waals surface area contributed by atoms with Crippen molar-refractivity contribution in [3.8, 4) is 5.88 Å². The van der Waals surface area contributed by atoms with Crippen LogP contribution < -0.4 is 10.1 Å². The van der Waals surface area contributed by atoms with Gasteiger partial charge in [0.1, 0.15) is 0 Å². The summed E-state index contributed by atoms with van der Waals surface area (Å²) in [5.41, 5.74) is 0.643. The first-order valence-electron chi connectivity index (χ1n) is 7.47. The van der Waals surface area contributed by atoms with Gasteiger partial charge >= 0.3 is 6.03 Å². The Morgan fingerprint density at radius 2 is 2.32 bits per heavy atom. The maximum Gasteiger partial charge on any atom is 0.322 e. The summed E-state index contributed by atoms with van der Waals surface area (Å²) in [4.78, 5) is 20.4. The molecule has 0 saturated carbocycles. The number of rotatable bonds is 4. The molecule has 1 aliphatic rings. The maximum atomic E-state index is 12.3. The molecule has 1 saturated heterocycles. The van der Waals surface area contributed by atoms with Crippen molar-refractivity contribution in [2.24, 2.45) is 0 Å². The number of urea groups is 1. The van der Waals surface area contributed by atoms with Gasteiger partial charge in [0.05, 0.1) is 25.1 Å². The fourth-order valence-electron chi connectivity index (χ4n) is 2.64. The number of aliphatic hydroxyl groups is 1. The number of piperazine rings is 1. The van der Waals surface area contributed by atoms with Crippen molar-refractivity contribution in [3.63, 3.8) is 0 Å². The van der Waals surface area contributed by atoms with E-state index in [1.165, 1.54) is 0 Å². The van der Waals surface area contributed by atoms with E-state index >= 15 is 0 Å². The Kier molecular flexibility index (Phi) is 5.57. The highest BCUT2D eigenvalue weighted by atomic mass is 16.5. The van der Waals surface area contributed by atoms with E-state index in [0.29, 0.717) is 24.7 Å². The first kappa shape index (κ1) is 16.5.